The lowest BCUT2D eigenvalue weighted by molar-refractivity contribution is 0.102. The van der Waals surface area contributed by atoms with Crippen LogP contribution in [0.15, 0.2) is 54.9 Å². The maximum Gasteiger partial charge on any atom is 0.257 e. The second kappa shape index (κ2) is 7.90. The minimum absolute atomic E-state index is 0.137. The number of aryl methyl sites for hydroxylation is 1. The number of halogens is 3. The minimum Gasteiger partial charge on any atom is -0.354 e. The van der Waals surface area contributed by atoms with Crippen LogP contribution in [0.2, 0.25) is 0 Å². The van der Waals surface area contributed by atoms with Crippen molar-refractivity contribution in [3.05, 3.63) is 83.4 Å². The fourth-order valence-corrected chi connectivity index (χ4v) is 2.56. The molecule has 0 spiro atoms. The summed E-state index contributed by atoms with van der Waals surface area (Å²) < 4.78 is 40.0. The van der Waals surface area contributed by atoms with E-state index in [4.69, 9.17) is 0 Å². The van der Waals surface area contributed by atoms with Crippen molar-refractivity contribution in [2.24, 2.45) is 0 Å². The first-order chi connectivity index (χ1) is 13.0. The fraction of sp³-hybridized carbons (Fsp3) is 0.100. The van der Waals surface area contributed by atoms with E-state index in [9.17, 15) is 18.0 Å². The van der Waals surface area contributed by atoms with Crippen LogP contribution in [-0.4, -0.2) is 10.9 Å². The monoisotopic (exact) mass is 371 g/mol. The molecule has 7 heteroatoms. The number of aromatic nitrogens is 1. The molecule has 0 aliphatic rings. The Labute approximate surface area is 154 Å². The van der Waals surface area contributed by atoms with Crippen LogP contribution in [0.1, 0.15) is 22.8 Å². The van der Waals surface area contributed by atoms with Crippen molar-refractivity contribution in [1.82, 2.24) is 4.98 Å². The van der Waals surface area contributed by atoms with Crippen LogP contribution in [0.3, 0.4) is 0 Å². The number of hydrogen-bond acceptors (Lipinski definition) is 3. The molecule has 0 bridgehead atoms. The maximum atomic E-state index is 13.7. The quantitative estimate of drug-likeness (QED) is 0.617. The third-order valence-corrected chi connectivity index (χ3v) is 3.96. The highest BCUT2D eigenvalue weighted by Gasteiger charge is 2.16. The van der Waals surface area contributed by atoms with E-state index in [1.165, 1.54) is 12.3 Å². The predicted molar refractivity (Wildman–Crippen MR) is 97.6 cm³/mol. The average molecular weight is 371 g/mol. The Balaban J connectivity index is 1.81. The molecule has 0 aliphatic heterocycles. The van der Waals surface area contributed by atoms with Gasteiger partial charge >= 0.3 is 0 Å². The van der Waals surface area contributed by atoms with Gasteiger partial charge in [0, 0.05) is 11.9 Å². The van der Waals surface area contributed by atoms with E-state index >= 15 is 0 Å². The lowest BCUT2D eigenvalue weighted by Gasteiger charge is -2.12. The standard InChI is InChI=1S/C20H16F3N3O/c1-2-12-5-3-4-6-16(12)25-14-9-13(10-24-11-14)20(27)26-17-8-7-15(21)18(22)19(17)23/h3-11,25H,2H2,1H3,(H,26,27). The lowest BCUT2D eigenvalue weighted by Crippen LogP contribution is -2.14. The number of para-hydroxylation sites is 1. The zero-order valence-corrected chi connectivity index (χ0v) is 14.4. The van der Waals surface area contributed by atoms with E-state index in [1.807, 2.05) is 31.2 Å². The highest BCUT2D eigenvalue weighted by molar-refractivity contribution is 6.04. The number of rotatable bonds is 5. The van der Waals surface area contributed by atoms with Gasteiger partial charge in [-0.25, -0.2) is 13.2 Å². The zero-order valence-electron chi connectivity index (χ0n) is 14.4. The van der Waals surface area contributed by atoms with Crippen molar-refractivity contribution in [2.75, 3.05) is 10.6 Å². The number of benzene rings is 2. The van der Waals surface area contributed by atoms with Gasteiger partial charge in [0.05, 0.1) is 23.1 Å². The van der Waals surface area contributed by atoms with Gasteiger partial charge in [0.1, 0.15) is 0 Å². The summed E-state index contributed by atoms with van der Waals surface area (Å²) in [4.78, 5) is 16.3. The molecule has 2 aromatic carbocycles. The van der Waals surface area contributed by atoms with E-state index in [0.717, 1.165) is 29.8 Å². The highest BCUT2D eigenvalue weighted by atomic mass is 19.2. The highest BCUT2D eigenvalue weighted by Crippen LogP contribution is 2.23. The third kappa shape index (κ3) is 4.08. The predicted octanol–water partition coefficient (Wildman–Crippen LogP) is 5.06. The molecule has 138 valence electrons. The van der Waals surface area contributed by atoms with Crippen LogP contribution in [0.4, 0.5) is 30.2 Å². The van der Waals surface area contributed by atoms with Crippen LogP contribution in [0, 0.1) is 17.5 Å². The Morgan fingerprint density at radius 3 is 2.56 bits per heavy atom. The van der Waals surface area contributed by atoms with Gasteiger partial charge in [-0.3, -0.25) is 9.78 Å². The number of amides is 1. The molecule has 3 rings (SSSR count). The maximum absolute atomic E-state index is 13.7. The average Bonchev–Trinajstić information content (AvgIpc) is 2.69. The number of anilines is 3. The van der Waals surface area contributed by atoms with Gasteiger partial charge in [-0.1, -0.05) is 25.1 Å². The van der Waals surface area contributed by atoms with Crippen molar-refractivity contribution >= 4 is 23.0 Å². The normalized spacial score (nSPS) is 10.5. The third-order valence-electron chi connectivity index (χ3n) is 3.96. The Bertz CT molecular complexity index is 992. The van der Waals surface area contributed by atoms with E-state index in [2.05, 4.69) is 15.6 Å². The molecule has 0 unspecified atom stereocenters. The van der Waals surface area contributed by atoms with Gasteiger partial charge in [-0.2, -0.15) is 0 Å². The summed E-state index contributed by atoms with van der Waals surface area (Å²) in [7, 11) is 0. The Hall–Kier alpha value is -3.35. The van der Waals surface area contributed by atoms with Gasteiger partial charge < -0.3 is 10.6 Å². The van der Waals surface area contributed by atoms with Crippen molar-refractivity contribution < 1.29 is 18.0 Å². The number of carbonyl (C=O) groups is 1. The topological polar surface area (TPSA) is 54.0 Å². The van der Waals surface area contributed by atoms with Crippen LogP contribution in [0.5, 0.6) is 0 Å². The van der Waals surface area contributed by atoms with Crippen LogP contribution >= 0.6 is 0 Å². The number of hydrogen-bond donors (Lipinski definition) is 2. The van der Waals surface area contributed by atoms with Crippen LogP contribution in [0.25, 0.3) is 0 Å². The first kappa shape index (κ1) is 18.4. The molecule has 0 saturated carbocycles. The van der Waals surface area contributed by atoms with E-state index in [1.54, 1.807) is 6.20 Å². The van der Waals surface area contributed by atoms with Crippen molar-refractivity contribution in [3.63, 3.8) is 0 Å². The summed E-state index contributed by atoms with van der Waals surface area (Å²) in [6.07, 6.45) is 3.66. The summed E-state index contributed by atoms with van der Waals surface area (Å²) in [6, 6.07) is 10.9. The number of pyridine rings is 1. The minimum atomic E-state index is -1.64. The molecule has 0 fully saturated rings. The van der Waals surface area contributed by atoms with Gasteiger partial charge in [0.2, 0.25) is 0 Å². The van der Waals surface area contributed by atoms with Gasteiger partial charge in [-0.15, -0.1) is 0 Å². The molecular weight excluding hydrogens is 355 g/mol. The van der Waals surface area contributed by atoms with Crippen LogP contribution in [-0.2, 0) is 6.42 Å². The van der Waals surface area contributed by atoms with Gasteiger partial charge in [0.25, 0.3) is 5.91 Å². The summed E-state index contributed by atoms with van der Waals surface area (Å²) >= 11 is 0. The van der Waals surface area contributed by atoms with Gasteiger partial charge in [0.15, 0.2) is 17.5 Å². The number of nitrogens with one attached hydrogen (secondary N) is 2. The lowest BCUT2D eigenvalue weighted by atomic mass is 10.1. The Kier molecular flexibility index (Phi) is 5.40. The molecule has 2 N–H and O–H groups in total. The van der Waals surface area contributed by atoms with E-state index < -0.39 is 29.0 Å². The Morgan fingerprint density at radius 1 is 1.00 bits per heavy atom. The van der Waals surface area contributed by atoms with Crippen LogP contribution < -0.4 is 10.6 Å². The molecule has 0 aliphatic carbocycles. The largest absolute Gasteiger partial charge is 0.354 e. The summed E-state index contributed by atoms with van der Waals surface area (Å²) in [5, 5.41) is 5.40. The zero-order chi connectivity index (χ0) is 19.4. The van der Waals surface area contributed by atoms with E-state index in [0.29, 0.717) is 5.69 Å². The van der Waals surface area contributed by atoms with Crippen molar-refractivity contribution in [3.8, 4) is 0 Å². The van der Waals surface area contributed by atoms with Crippen molar-refractivity contribution in [2.45, 2.75) is 13.3 Å². The smallest absolute Gasteiger partial charge is 0.257 e. The summed E-state index contributed by atoms with van der Waals surface area (Å²) in [6.45, 7) is 2.03. The molecule has 1 heterocycles. The molecule has 4 nitrogen and oxygen atoms in total. The molecule has 1 aromatic heterocycles. The first-order valence-corrected chi connectivity index (χ1v) is 8.24. The molecule has 0 atom stereocenters. The SMILES string of the molecule is CCc1ccccc1Nc1cncc(C(=O)Nc2ccc(F)c(F)c2F)c1. The molecule has 27 heavy (non-hydrogen) atoms. The number of nitrogens with zero attached hydrogens (tertiary/aromatic N) is 1. The molecule has 1 amide bonds. The second-order valence-corrected chi connectivity index (χ2v) is 5.78. The van der Waals surface area contributed by atoms with E-state index in [-0.39, 0.29) is 5.56 Å². The second-order valence-electron chi connectivity index (χ2n) is 5.78. The van der Waals surface area contributed by atoms with Gasteiger partial charge in [-0.05, 0) is 36.2 Å². The summed E-state index contributed by atoms with van der Waals surface area (Å²) in [5.74, 6) is -5.12. The molecule has 0 saturated heterocycles. The molecule has 0 radical (unpaired) electrons. The molecular formula is C20H16F3N3O. The summed E-state index contributed by atoms with van der Waals surface area (Å²) in [5.41, 5.74) is 2.23. The fourth-order valence-electron chi connectivity index (χ4n) is 2.56. The molecule has 3 aromatic rings. The van der Waals surface area contributed by atoms with Crippen molar-refractivity contribution in [1.29, 1.82) is 0 Å². The Morgan fingerprint density at radius 2 is 1.78 bits per heavy atom. The number of carbonyl (C=O) groups excluding carboxylic acids is 1. The first-order valence-electron chi connectivity index (χ1n) is 8.24.